The molecule has 19 heavy (non-hydrogen) atoms. The average Bonchev–Trinajstić information content (AvgIpc) is 2.44. The summed E-state index contributed by atoms with van der Waals surface area (Å²) < 4.78 is 5.73. The molecule has 0 aliphatic rings. The van der Waals surface area contributed by atoms with Crippen LogP contribution < -0.4 is 4.74 Å². The Labute approximate surface area is 113 Å². The summed E-state index contributed by atoms with van der Waals surface area (Å²) in [6.45, 7) is 5.93. The van der Waals surface area contributed by atoms with E-state index < -0.39 is 5.60 Å². The van der Waals surface area contributed by atoms with Crippen molar-refractivity contribution < 1.29 is 9.84 Å². The van der Waals surface area contributed by atoms with Gasteiger partial charge in [-0.15, -0.1) is 0 Å². The molecular weight excluding hydrogens is 242 g/mol. The van der Waals surface area contributed by atoms with Gasteiger partial charge in [0.25, 0.3) is 0 Å². The van der Waals surface area contributed by atoms with Crippen LogP contribution in [0.5, 0.6) is 5.75 Å². The SMILES string of the molecule is CC[C@H](C)Oc1cccc([C@@](O)(CC)CN=[N+]=[N-])c1. The second-order valence-corrected chi connectivity index (χ2v) is 4.64. The van der Waals surface area contributed by atoms with Gasteiger partial charge < -0.3 is 9.84 Å². The lowest BCUT2D eigenvalue weighted by atomic mass is 9.91. The lowest BCUT2D eigenvalue weighted by Gasteiger charge is -2.26. The van der Waals surface area contributed by atoms with Gasteiger partial charge in [0.15, 0.2) is 0 Å². The van der Waals surface area contributed by atoms with Crippen molar-refractivity contribution in [2.45, 2.75) is 45.3 Å². The first-order chi connectivity index (χ1) is 9.05. The van der Waals surface area contributed by atoms with Crippen LogP contribution in [0, 0.1) is 0 Å². The highest BCUT2D eigenvalue weighted by atomic mass is 16.5. The van der Waals surface area contributed by atoms with Crippen molar-refractivity contribution in [3.63, 3.8) is 0 Å². The quantitative estimate of drug-likeness (QED) is 0.461. The van der Waals surface area contributed by atoms with E-state index in [4.69, 9.17) is 10.3 Å². The van der Waals surface area contributed by atoms with Gasteiger partial charge in [-0.05, 0) is 43.0 Å². The number of hydrogen-bond acceptors (Lipinski definition) is 3. The van der Waals surface area contributed by atoms with E-state index in [-0.39, 0.29) is 12.6 Å². The molecule has 2 atom stereocenters. The Morgan fingerprint density at radius 1 is 1.47 bits per heavy atom. The highest BCUT2D eigenvalue weighted by Crippen LogP contribution is 2.28. The smallest absolute Gasteiger partial charge is 0.120 e. The van der Waals surface area contributed by atoms with Gasteiger partial charge in [-0.3, -0.25) is 0 Å². The Hall–Kier alpha value is -1.71. The van der Waals surface area contributed by atoms with Crippen molar-refractivity contribution >= 4 is 0 Å². The fourth-order valence-corrected chi connectivity index (χ4v) is 1.73. The molecule has 1 aromatic rings. The largest absolute Gasteiger partial charge is 0.491 e. The van der Waals surface area contributed by atoms with E-state index in [9.17, 15) is 5.11 Å². The molecule has 5 nitrogen and oxygen atoms in total. The van der Waals surface area contributed by atoms with Gasteiger partial charge in [0.1, 0.15) is 5.75 Å². The zero-order valence-electron chi connectivity index (χ0n) is 11.7. The summed E-state index contributed by atoms with van der Waals surface area (Å²) in [7, 11) is 0. The maximum atomic E-state index is 10.5. The van der Waals surface area contributed by atoms with Crippen molar-refractivity contribution in [2.75, 3.05) is 6.54 Å². The minimum atomic E-state index is -1.14. The van der Waals surface area contributed by atoms with Crippen LogP contribution in [-0.4, -0.2) is 17.8 Å². The van der Waals surface area contributed by atoms with Crippen LogP contribution >= 0.6 is 0 Å². The second-order valence-electron chi connectivity index (χ2n) is 4.64. The normalized spacial score (nSPS) is 15.2. The van der Waals surface area contributed by atoms with Gasteiger partial charge in [-0.2, -0.15) is 0 Å². The number of hydrogen-bond donors (Lipinski definition) is 1. The van der Waals surface area contributed by atoms with E-state index >= 15 is 0 Å². The van der Waals surface area contributed by atoms with Crippen LogP contribution in [-0.2, 0) is 5.60 Å². The Kier molecular flexibility index (Phi) is 5.67. The molecule has 0 saturated carbocycles. The van der Waals surface area contributed by atoms with Crippen molar-refractivity contribution in [3.05, 3.63) is 40.3 Å². The van der Waals surface area contributed by atoms with Gasteiger partial charge >= 0.3 is 0 Å². The molecule has 0 amide bonds. The molecule has 0 aliphatic carbocycles. The molecule has 1 aromatic carbocycles. The Morgan fingerprint density at radius 3 is 2.79 bits per heavy atom. The molecule has 1 N–H and O–H groups in total. The maximum Gasteiger partial charge on any atom is 0.120 e. The van der Waals surface area contributed by atoms with Crippen LogP contribution in [0.15, 0.2) is 29.4 Å². The molecule has 0 saturated heterocycles. The summed E-state index contributed by atoms with van der Waals surface area (Å²) in [5.74, 6) is 0.722. The third-order valence-corrected chi connectivity index (χ3v) is 3.26. The lowest BCUT2D eigenvalue weighted by molar-refractivity contribution is 0.0416. The fraction of sp³-hybridized carbons (Fsp3) is 0.571. The summed E-state index contributed by atoms with van der Waals surface area (Å²) >= 11 is 0. The topological polar surface area (TPSA) is 78.2 Å². The number of benzene rings is 1. The minimum Gasteiger partial charge on any atom is -0.491 e. The highest BCUT2D eigenvalue weighted by molar-refractivity contribution is 5.32. The molecule has 0 radical (unpaired) electrons. The first-order valence-corrected chi connectivity index (χ1v) is 6.56. The number of aliphatic hydroxyl groups is 1. The number of azide groups is 1. The minimum absolute atomic E-state index is 0.0206. The highest BCUT2D eigenvalue weighted by Gasteiger charge is 2.26. The average molecular weight is 263 g/mol. The molecule has 0 fully saturated rings. The van der Waals surface area contributed by atoms with Crippen molar-refractivity contribution in [2.24, 2.45) is 5.11 Å². The molecular formula is C14H21N3O2. The summed E-state index contributed by atoms with van der Waals surface area (Å²) in [4.78, 5) is 2.71. The van der Waals surface area contributed by atoms with E-state index in [1.165, 1.54) is 0 Å². The van der Waals surface area contributed by atoms with E-state index in [0.717, 1.165) is 12.2 Å². The van der Waals surface area contributed by atoms with Crippen LogP contribution in [0.2, 0.25) is 0 Å². The number of rotatable bonds is 7. The fourth-order valence-electron chi connectivity index (χ4n) is 1.73. The van der Waals surface area contributed by atoms with Gasteiger partial charge in [-0.25, -0.2) is 0 Å². The van der Waals surface area contributed by atoms with Crippen LogP contribution in [0.4, 0.5) is 0 Å². The lowest BCUT2D eigenvalue weighted by Crippen LogP contribution is -2.28. The molecule has 1 rings (SSSR count). The van der Waals surface area contributed by atoms with Gasteiger partial charge in [0.2, 0.25) is 0 Å². The second kappa shape index (κ2) is 7.02. The van der Waals surface area contributed by atoms with Crippen molar-refractivity contribution in [1.29, 1.82) is 0 Å². The molecule has 0 heterocycles. The maximum absolute atomic E-state index is 10.5. The molecule has 0 bridgehead atoms. The van der Waals surface area contributed by atoms with Crippen molar-refractivity contribution in [1.82, 2.24) is 0 Å². The van der Waals surface area contributed by atoms with Gasteiger partial charge in [-0.1, -0.05) is 31.1 Å². The molecule has 0 unspecified atom stereocenters. The van der Waals surface area contributed by atoms with E-state index in [0.29, 0.717) is 12.0 Å². The van der Waals surface area contributed by atoms with Crippen LogP contribution in [0.3, 0.4) is 0 Å². The van der Waals surface area contributed by atoms with Crippen LogP contribution in [0.25, 0.3) is 10.4 Å². The summed E-state index contributed by atoms with van der Waals surface area (Å²) in [5, 5.41) is 14.0. The van der Waals surface area contributed by atoms with E-state index in [1.807, 2.05) is 38.1 Å². The predicted octanol–water partition coefficient (Wildman–Crippen LogP) is 3.77. The van der Waals surface area contributed by atoms with Gasteiger partial charge in [0, 0.05) is 4.91 Å². The van der Waals surface area contributed by atoms with E-state index in [1.54, 1.807) is 0 Å². The monoisotopic (exact) mass is 263 g/mol. The number of ether oxygens (including phenoxy) is 1. The molecule has 104 valence electrons. The molecule has 0 spiro atoms. The Balaban J connectivity index is 2.98. The zero-order valence-corrected chi connectivity index (χ0v) is 11.7. The summed E-state index contributed by atoms with van der Waals surface area (Å²) in [6, 6.07) is 7.32. The van der Waals surface area contributed by atoms with Gasteiger partial charge in [0.05, 0.1) is 18.2 Å². The Morgan fingerprint density at radius 2 is 2.21 bits per heavy atom. The third kappa shape index (κ3) is 4.16. The number of nitrogens with zero attached hydrogens (tertiary/aromatic N) is 3. The zero-order chi connectivity index (χ0) is 14.3. The molecule has 0 aliphatic heterocycles. The Bertz CT molecular complexity index is 458. The standard InChI is InChI=1S/C14H21N3O2/c1-4-11(3)19-13-8-6-7-12(9-13)14(18,5-2)10-16-17-15/h6-9,11,18H,4-5,10H2,1-3H3/t11-,14+/m0/s1. The summed E-state index contributed by atoms with van der Waals surface area (Å²) in [5.41, 5.74) is 7.97. The summed E-state index contributed by atoms with van der Waals surface area (Å²) in [6.07, 6.45) is 1.52. The first-order valence-electron chi connectivity index (χ1n) is 6.56. The predicted molar refractivity (Wildman–Crippen MR) is 75.0 cm³/mol. The first kappa shape index (κ1) is 15.3. The van der Waals surface area contributed by atoms with Crippen molar-refractivity contribution in [3.8, 4) is 5.75 Å². The molecule has 0 aromatic heterocycles. The molecule has 5 heteroatoms. The third-order valence-electron chi connectivity index (χ3n) is 3.26. The van der Waals surface area contributed by atoms with Crippen LogP contribution in [0.1, 0.15) is 39.2 Å². The van der Waals surface area contributed by atoms with E-state index in [2.05, 4.69) is 16.9 Å².